The third-order valence-corrected chi connectivity index (χ3v) is 2.12. The smallest absolute Gasteiger partial charge is 0.233 e. The predicted molar refractivity (Wildman–Crippen MR) is 60.9 cm³/mol. The molecule has 1 amide bonds. The molecule has 2 N–H and O–H groups in total. The SMILES string of the molecule is CNC(=O)CNCc1c(OC)ncnc1OC. The van der Waals surface area contributed by atoms with Crippen molar-refractivity contribution in [1.29, 1.82) is 0 Å². The number of methoxy groups -OCH3 is 2. The van der Waals surface area contributed by atoms with E-state index in [1.54, 1.807) is 7.05 Å². The minimum atomic E-state index is -0.0974. The second-order valence-electron chi connectivity index (χ2n) is 3.15. The van der Waals surface area contributed by atoms with Crippen LogP contribution in [0.2, 0.25) is 0 Å². The molecule has 0 aliphatic carbocycles. The van der Waals surface area contributed by atoms with Crippen molar-refractivity contribution < 1.29 is 14.3 Å². The van der Waals surface area contributed by atoms with Crippen molar-refractivity contribution in [2.45, 2.75) is 6.54 Å². The highest BCUT2D eigenvalue weighted by Crippen LogP contribution is 2.22. The number of aromatic nitrogens is 2. The molecule has 1 rings (SSSR count). The summed E-state index contributed by atoms with van der Waals surface area (Å²) in [5.74, 6) is 0.766. The largest absolute Gasteiger partial charge is 0.481 e. The molecule has 0 aliphatic rings. The van der Waals surface area contributed by atoms with Crippen LogP contribution in [0.1, 0.15) is 5.56 Å². The molecule has 0 saturated heterocycles. The second kappa shape index (κ2) is 6.64. The molecular formula is C10H16N4O3. The van der Waals surface area contributed by atoms with E-state index in [4.69, 9.17) is 9.47 Å². The van der Waals surface area contributed by atoms with E-state index in [9.17, 15) is 4.79 Å². The van der Waals surface area contributed by atoms with Crippen molar-refractivity contribution in [2.75, 3.05) is 27.8 Å². The Balaban J connectivity index is 2.71. The van der Waals surface area contributed by atoms with Gasteiger partial charge in [0.05, 0.1) is 26.3 Å². The maximum atomic E-state index is 11.0. The molecule has 0 unspecified atom stereocenters. The number of likely N-dealkylation sites (N-methyl/N-ethyl adjacent to an activating group) is 1. The molecule has 1 aromatic rings. The van der Waals surface area contributed by atoms with Gasteiger partial charge in [0.1, 0.15) is 6.33 Å². The zero-order valence-corrected chi connectivity index (χ0v) is 10.1. The second-order valence-corrected chi connectivity index (χ2v) is 3.15. The number of carbonyl (C=O) groups excluding carboxylic acids is 1. The van der Waals surface area contributed by atoms with E-state index in [2.05, 4.69) is 20.6 Å². The Morgan fingerprint density at radius 1 is 1.29 bits per heavy atom. The molecule has 94 valence electrons. The Bertz CT molecular complexity index is 362. The average Bonchev–Trinajstić information content (AvgIpc) is 2.38. The number of ether oxygens (including phenoxy) is 2. The van der Waals surface area contributed by atoms with Crippen LogP contribution in [0.5, 0.6) is 11.8 Å². The lowest BCUT2D eigenvalue weighted by Crippen LogP contribution is -2.31. The van der Waals surface area contributed by atoms with Crippen LogP contribution in [0.15, 0.2) is 6.33 Å². The van der Waals surface area contributed by atoms with Gasteiger partial charge in [-0.15, -0.1) is 0 Å². The number of amides is 1. The third-order valence-electron chi connectivity index (χ3n) is 2.12. The molecule has 0 aliphatic heterocycles. The molecule has 0 bridgehead atoms. The molecule has 0 fully saturated rings. The van der Waals surface area contributed by atoms with Gasteiger partial charge < -0.3 is 20.1 Å². The van der Waals surface area contributed by atoms with Gasteiger partial charge in [-0.3, -0.25) is 4.79 Å². The minimum absolute atomic E-state index is 0.0974. The Labute approximate surface area is 99.5 Å². The van der Waals surface area contributed by atoms with Crippen LogP contribution in [0.3, 0.4) is 0 Å². The monoisotopic (exact) mass is 240 g/mol. The number of nitrogens with zero attached hydrogens (tertiary/aromatic N) is 2. The van der Waals surface area contributed by atoms with Gasteiger partial charge in [0.25, 0.3) is 0 Å². The highest BCUT2D eigenvalue weighted by atomic mass is 16.5. The Morgan fingerprint density at radius 2 is 1.88 bits per heavy atom. The Kier molecular flexibility index (Phi) is 5.15. The topological polar surface area (TPSA) is 85.4 Å². The predicted octanol–water partition coefficient (Wildman–Crippen LogP) is -0.671. The van der Waals surface area contributed by atoms with Crippen molar-refractivity contribution in [1.82, 2.24) is 20.6 Å². The van der Waals surface area contributed by atoms with Crippen LogP contribution in [-0.2, 0) is 11.3 Å². The van der Waals surface area contributed by atoms with Crippen LogP contribution in [0, 0.1) is 0 Å². The molecule has 17 heavy (non-hydrogen) atoms. The molecule has 7 heteroatoms. The number of hydrogen-bond acceptors (Lipinski definition) is 6. The lowest BCUT2D eigenvalue weighted by molar-refractivity contribution is -0.119. The van der Waals surface area contributed by atoms with E-state index in [1.165, 1.54) is 20.5 Å². The normalized spacial score (nSPS) is 9.82. The van der Waals surface area contributed by atoms with E-state index in [0.717, 1.165) is 0 Å². The average molecular weight is 240 g/mol. The zero-order chi connectivity index (χ0) is 12.7. The highest BCUT2D eigenvalue weighted by Gasteiger charge is 2.12. The van der Waals surface area contributed by atoms with Gasteiger partial charge in [0.2, 0.25) is 17.7 Å². The quantitative estimate of drug-likeness (QED) is 0.686. The summed E-state index contributed by atoms with van der Waals surface area (Å²) in [5, 5.41) is 5.46. The summed E-state index contributed by atoms with van der Waals surface area (Å²) in [6, 6.07) is 0. The van der Waals surface area contributed by atoms with Gasteiger partial charge in [-0.2, -0.15) is 0 Å². The first kappa shape index (κ1) is 13.2. The van der Waals surface area contributed by atoms with Crippen LogP contribution >= 0.6 is 0 Å². The highest BCUT2D eigenvalue weighted by molar-refractivity contribution is 5.77. The van der Waals surface area contributed by atoms with Gasteiger partial charge in [-0.25, -0.2) is 9.97 Å². The van der Waals surface area contributed by atoms with Crippen LogP contribution in [-0.4, -0.2) is 43.7 Å². The maximum Gasteiger partial charge on any atom is 0.233 e. The van der Waals surface area contributed by atoms with E-state index in [0.29, 0.717) is 23.9 Å². The molecule has 1 aromatic heterocycles. The van der Waals surface area contributed by atoms with Crippen molar-refractivity contribution in [3.63, 3.8) is 0 Å². The molecule has 7 nitrogen and oxygen atoms in total. The molecule has 0 spiro atoms. The van der Waals surface area contributed by atoms with Crippen molar-refractivity contribution in [3.8, 4) is 11.8 Å². The van der Waals surface area contributed by atoms with Crippen molar-refractivity contribution in [2.24, 2.45) is 0 Å². The molecule has 1 heterocycles. The fourth-order valence-electron chi connectivity index (χ4n) is 1.27. The van der Waals surface area contributed by atoms with Crippen molar-refractivity contribution in [3.05, 3.63) is 11.9 Å². The molecule has 0 saturated carbocycles. The number of hydrogen-bond donors (Lipinski definition) is 2. The Hall–Kier alpha value is -1.89. The standard InChI is InChI=1S/C10H16N4O3/c1-11-8(15)5-12-4-7-9(16-2)13-6-14-10(7)17-3/h6,12H,4-5H2,1-3H3,(H,11,15). The molecule has 0 aromatic carbocycles. The van der Waals surface area contributed by atoms with Crippen LogP contribution in [0.25, 0.3) is 0 Å². The van der Waals surface area contributed by atoms with Crippen LogP contribution < -0.4 is 20.1 Å². The summed E-state index contributed by atoms with van der Waals surface area (Å²) >= 11 is 0. The lowest BCUT2D eigenvalue weighted by Gasteiger charge is -2.11. The van der Waals surface area contributed by atoms with Gasteiger partial charge in [0.15, 0.2) is 0 Å². The van der Waals surface area contributed by atoms with Crippen molar-refractivity contribution >= 4 is 5.91 Å². The lowest BCUT2D eigenvalue weighted by atomic mass is 10.3. The summed E-state index contributed by atoms with van der Waals surface area (Å²) in [4.78, 5) is 19.0. The fraction of sp³-hybridized carbons (Fsp3) is 0.500. The maximum absolute atomic E-state index is 11.0. The molecule has 0 radical (unpaired) electrons. The van der Waals surface area contributed by atoms with Gasteiger partial charge in [-0.1, -0.05) is 0 Å². The number of carbonyl (C=O) groups is 1. The summed E-state index contributed by atoms with van der Waals surface area (Å²) < 4.78 is 10.2. The summed E-state index contributed by atoms with van der Waals surface area (Å²) in [7, 11) is 4.62. The first-order valence-electron chi connectivity index (χ1n) is 5.06. The summed E-state index contributed by atoms with van der Waals surface area (Å²) in [5.41, 5.74) is 0.682. The zero-order valence-electron chi connectivity index (χ0n) is 10.1. The van der Waals surface area contributed by atoms with Gasteiger partial charge in [-0.05, 0) is 0 Å². The van der Waals surface area contributed by atoms with Gasteiger partial charge >= 0.3 is 0 Å². The fourth-order valence-corrected chi connectivity index (χ4v) is 1.27. The summed E-state index contributed by atoms with van der Waals surface area (Å²) in [6.45, 7) is 0.596. The molecular weight excluding hydrogens is 224 g/mol. The van der Waals surface area contributed by atoms with Gasteiger partial charge in [0, 0.05) is 13.6 Å². The van der Waals surface area contributed by atoms with E-state index < -0.39 is 0 Å². The first-order chi connectivity index (χ1) is 8.22. The van der Waals surface area contributed by atoms with E-state index in [-0.39, 0.29) is 12.5 Å². The first-order valence-corrected chi connectivity index (χ1v) is 5.06. The molecule has 0 atom stereocenters. The third kappa shape index (κ3) is 3.56. The van der Waals surface area contributed by atoms with E-state index in [1.807, 2.05) is 0 Å². The number of nitrogens with one attached hydrogen (secondary N) is 2. The summed E-state index contributed by atoms with van der Waals surface area (Å²) in [6.07, 6.45) is 1.36. The van der Waals surface area contributed by atoms with E-state index >= 15 is 0 Å². The van der Waals surface area contributed by atoms with Crippen LogP contribution in [0.4, 0.5) is 0 Å². The minimum Gasteiger partial charge on any atom is -0.481 e. The Morgan fingerprint density at radius 3 is 2.35 bits per heavy atom. The number of rotatable bonds is 6.